The largest absolute Gasteiger partial charge is 0.324 e. The molecule has 0 bridgehead atoms. The van der Waals surface area contributed by atoms with E-state index < -0.39 is 0 Å². The lowest BCUT2D eigenvalue weighted by atomic mass is 10.2. The van der Waals surface area contributed by atoms with Gasteiger partial charge in [0.15, 0.2) is 0 Å². The number of rotatable bonds is 2. The van der Waals surface area contributed by atoms with Crippen LogP contribution in [0.4, 0.5) is 0 Å². The Morgan fingerprint density at radius 1 is 1.40 bits per heavy atom. The second-order valence-corrected chi connectivity index (χ2v) is 5.18. The number of nitrogens with zero attached hydrogens (tertiary/aromatic N) is 2. The summed E-state index contributed by atoms with van der Waals surface area (Å²) in [6, 6.07) is 5.56. The molecule has 78 valence electrons. The molecule has 2 rings (SSSR count). The Hall–Kier alpha value is -0.490. The number of nitrogens with two attached hydrogens (primary N) is 1. The summed E-state index contributed by atoms with van der Waals surface area (Å²) in [5.41, 5.74) is 6.42. The van der Waals surface area contributed by atoms with Crippen LogP contribution in [0.5, 0.6) is 0 Å². The van der Waals surface area contributed by atoms with Crippen LogP contribution in [0.15, 0.2) is 22.7 Å². The number of halogens is 2. The lowest BCUT2D eigenvalue weighted by Gasteiger charge is -1.99. The molecule has 0 aliphatic carbocycles. The number of hydrogen-bond acceptors (Lipinski definition) is 4. The van der Waals surface area contributed by atoms with E-state index in [1.165, 1.54) is 11.3 Å². The number of benzene rings is 1. The Kier molecular flexibility index (Phi) is 3.35. The number of hydrogen-bond donors (Lipinski definition) is 1. The third kappa shape index (κ3) is 2.36. The van der Waals surface area contributed by atoms with Crippen molar-refractivity contribution in [2.24, 2.45) is 5.73 Å². The molecule has 15 heavy (non-hydrogen) atoms. The molecule has 3 nitrogen and oxygen atoms in total. The normalized spacial score (nSPS) is 10.6. The van der Waals surface area contributed by atoms with Crippen molar-refractivity contribution in [3.63, 3.8) is 0 Å². The Balaban J connectivity index is 2.48. The van der Waals surface area contributed by atoms with Crippen molar-refractivity contribution in [2.75, 3.05) is 0 Å². The van der Waals surface area contributed by atoms with Gasteiger partial charge < -0.3 is 5.73 Å². The zero-order valence-corrected chi connectivity index (χ0v) is 10.7. The van der Waals surface area contributed by atoms with Crippen LogP contribution in [0.25, 0.3) is 10.6 Å². The van der Waals surface area contributed by atoms with Gasteiger partial charge in [0.2, 0.25) is 0 Å². The van der Waals surface area contributed by atoms with Crippen molar-refractivity contribution < 1.29 is 0 Å². The standard InChI is InChI=1S/C9H7BrClN3S/c10-7-2-1-5(11)3-6(7)9-14-13-8(4-12)15-9/h1-3H,4,12H2. The molecule has 0 unspecified atom stereocenters. The third-order valence-electron chi connectivity index (χ3n) is 1.80. The highest BCUT2D eigenvalue weighted by Gasteiger charge is 2.09. The Labute approximate surface area is 104 Å². The molecule has 0 atom stereocenters. The van der Waals surface area contributed by atoms with Gasteiger partial charge in [0, 0.05) is 21.6 Å². The molecule has 0 aliphatic heterocycles. The highest BCUT2D eigenvalue weighted by molar-refractivity contribution is 9.10. The highest BCUT2D eigenvalue weighted by atomic mass is 79.9. The summed E-state index contributed by atoms with van der Waals surface area (Å²) in [4.78, 5) is 0. The first-order valence-corrected chi connectivity index (χ1v) is 6.17. The van der Waals surface area contributed by atoms with Gasteiger partial charge in [0.1, 0.15) is 10.0 Å². The minimum atomic E-state index is 0.413. The molecule has 0 amide bonds. The quantitative estimate of drug-likeness (QED) is 0.927. The van der Waals surface area contributed by atoms with Gasteiger partial charge in [-0.1, -0.05) is 38.9 Å². The molecule has 0 spiro atoms. The molecular formula is C9H7BrClN3S. The zero-order chi connectivity index (χ0) is 10.8. The molecule has 0 radical (unpaired) electrons. The van der Waals surface area contributed by atoms with Gasteiger partial charge in [-0.05, 0) is 18.2 Å². The fourth-order valence-corrected chi connectivity index (χ4v) is 2.59. The zero-order valence-electron chi connectivity index (χ0n) is 7.58. The molecule has 1 aromatic carbocycles. The van der Waals surface area contributed by atoms with Crippen LogP contribution in [0.1, 0.15) is 5.01 Å². The number of aromatic nitrogens is 2. The summed E-state index contributed by atoms with van der Waals surface area (Å²) >= 11 is 10.8. The van der Waals surface area contributed by atoms with E-state index in [0.717, 1.165) is 20.1 Å². The molecular weight excluding hydrogens is 298 g/mol. The van der Waals surface area contributed by atoms with Crippen LogP contribution >= 0.6 is 38.9 Å². The van der Waals surface area contributed by atoms with E-state index in [1.807, 2.05) is 18.2 Å². The van der Waals surface area contributed by atoms with Gasteiger partial charge in [-0.3, -0.25) is 0 Å². The lowest BCUT2D eigenvalue weighted by Crippen LogP contribution is -1.94. The summed E-state index contributed by atoms with van der Waals surface area (Å²) in [6.07, 6.45) is 0. The van der Waals surface area contributed by atoms with E-state index in [2.05, 4.69) is 26.1 Å². The minimum absolute atomic E-state index is 0.413. The maximum Gasteiger partial charge on any atom is 0.149 e. The Morgan fingerprint density at radius 3 is 2.87 bits per heavy atom. The van der Waals surface area contributed by atoms with E-state index in [0.29, 0.717) is 11.6 Å². The molecule has 0 fully saturated rings. The Bertz CT molecular complexity index is 486. The first-order chi connectivity index (χ1) is 7.20. The minimum Gasteiger partial charge on any atom is -0.324 e. The predicted molar refractivity (Wildman–Crippen MR) is 65.9 cm³/mol. The van der Waals surface area contributed by atoms with Gasteiger partial charge in [-0.15, -0.1) is 10.2 Å². The predicted octanol–water partition coefficient (Wildman–Crippen LogP) is 3.08. The van der Waals surface area contributed by atoms with E-state index in [-0.39, 0.29) is 0 Å². The summed E-state index contributed by atoms with van der Waals surface area (Å²) < 4.78 is 0.951. The van der Waals surface area contributed by atoms with Gasteiger partial charge in [-0.2, -0.15) is 0 Å². The van der Waals surface area contributed by atoms with E-state index in [4.69, 9.17) is 17.3 Å². The van der Waals surface area contributed by atoms with Crippen molar-refractivity contribution in [1.29, 1.82) is 0 Å². The van der Waals surface area contributed by atoms with Crippen molar-refractivity contribution in [2.45, 2.75) is 6.54 Å². The van der Waals surface area contributed by atoms with Crippen LogP contribution < -0.4 is 5.73 Å². The van der Waals surface area contributed by atoms with Gasteiger partial charge >= 0.3 is 0 Å². The van der Waals surface area contributed by atoms with Crippen LogP contribution in [-0.2, 0) is 6.54 Å². The van der Waals surface area contributed by atoms with E-state index in [9.17, 15) is 0 Å². The van der Waals surface area contributed by atoms with Crippen molar-refractivity contribution in [3.8, 4) is 10.6 Å². The van der Waals surface area contributed by atoms with Gasteiger partial charge in [-0.25, -0.2) is 0 Å². The van der Waals surface area contributed by atoms with Gasteiger partial charge in [0.05, 0.1) is 0 Å². The van der Waals surface area contributed by atoms with E-state index >= 15 is 0 Å². The van der Waals surface area contributed by atoms with E-state index in [1.54, 1.807) is 0 Å². The smallest absolute Gasteiger partial charge is 0.149 e. The second-order valence-electron chi connectivity index (χ2n) is 2.83. The molecule has 1 aromatic heterocycles. The fraction of sp³-hybridized carbons (Fsp3) is 0.111. The van der Waals surface area contributed by atoms with Gasteiger partial charge in [0.25, 0.3) is 0 Å². The summed E-state index contributed by atoms with van der Waals surface area (Å²) in [7, 11) is 0. The average Bonchev–Trinajstić information content (AvgIpc) is 2.70. The topological polar surface area (TPSA) is 51.8 Å². The molecule has 0 aliphatic rings. The molecule has 2 aromatic rings. The maximum absolute atomic E-state index is 5.92. The molecule has 1 heterocycles. The lowest BCUT2D eigenvalue weighted by molar-refractivity contribution is 0.960. The first kappa shape index (κ1) is 11.0. The molecule has 0 saturated carbocycles. The summed E-state index contributed by atoms with van der Waals surface area (Å²) in [6.45, 7) is 0.413. The maximum atomic E-state index is 5.92. The third-order valence-corrected chi connectivity index (χ3v) is 3.71. The average molecular weight is 305 g/mol. The molecule has 2 N–H and O–H groups in total. The van der Waals surface area contributed by atoms with Crippen molar-refractivity contribution >= 4 is 38.9 Å². The second kappa shape index (κ2) is 4.57. The summed E-state index contributed by atoms with van der Waals surface area (Å²) in [5, 5.41) is 10.3. The van der Waals surface area contributed by atoms with Crippen LogP contribution in [-0.4, -0.2) is 10.2 Å². The van der Waals surface area contributed by atoms with Crippen LogP contribution in [0, 0.1) is 0 Å². The SMILES string of the molecule is NCc1nnc(-c2cc(Cl)ccc2Br)s1. The van der Waals surface area contributed by atoms with Crippen molar-refractivity contribution in [1.82, 2.24) is 10.2 Å². The molecule has 6 heteroatoms. The fourth-order valence-electron chi connectivity index (χ4n) is 1.11. The highest BCUT2D eigenvalue weighted by Crippen LogP contribution is 2.32. The van der Waals surface area contributed by atoms with Crippen LogP contribution in [0.3, 0.4) is 0 Å². The van der Waals surface area contributed by atoms with Crippen LogP contribution in [0.2, 0.25) is 5.02 Å². The monoisotopic (exact) mass is 303 g/mol. The summed E-state index contributed by atoms with van der Waals surface area (Å²) in [5.74, 6) is 0. The Morgan fingerprint density at radius 2 is 2.20 bits per heavy atom. The van der Waals surface area contributed by atoms with Crippen molar-refractivity contribution in [3.05, 3.63) is 32.7 Å². The first-order valence-electron chi connectivity index (χ1n) is 4.18. The molecule has 0 saturated heterocycles.